The highest BCUT2D eigenvalue weighted by Crippen LogP contribution is 2.10. The second-order valence-electron chi connectivity index (χ2n) is 4.33. The molecule has 0 aliphatic carbocycles. The Labute approximate surface area is 116 Å². The summed E-state index contributed by atoms with van der Waals surface area (Å²) in [5, 5.41) is 17.5. The number of nitrogens with zero attached hydrogens (tertiary/aromatic N) is 1. The van der Waals surface area contributed by atoms with Crippen LogP contribution in [0.15, 0.2) is 4.79 Å². The lowest BCUT2D eigenvalue weighted by molar-refractivity contribution is -0.138. The van der Waals surface area contributed by atoms with Crippen LogP contribution >= 0.6 is 0 Å². The first-order valence-electron chi connectivity index (χ1n) is 6.57. The van der Waals surface area contributed by atoms with Gasteiger partial charge in [0.05, 0.1) is 12.1 Å². The predicted molar refractivity (Wildman–Crippen MR) is 72.3 cm³/mol. The Morgan fingerprint density at radius 3 is 2.45 bits per heavy atom. The van der Waals surface area contributed by atoms with E-state index in [0.717, 1.165) is 11.3 Å². The van der Waals surface area contributed by atoms with E-state index in [1.165, 1.54) is 0 Å². The van der Waals surface area contributed by atoms with Crippen molar-refractivity contribution in [1.29, 1.82) is 0 Å². The molecule has 1 aromatic rings. The van der Waals surface area contributed by atoms with Crippen molar-refractivity contribution < 1.29 is 14.7 Å². The first-order valence-corrected chi connectivity index (χ1v) is 6.57. The number of aromatic amines is 1. The maximum absolute atomic E-state index is 11.8. The number of aliphatic carboxylic acids is 1. The molecule has 7 heteroatoms. The number of aryl methyl sites for hydroxylation is 1. The number of amides is 1. The molecule has 0 spiro atoms. The molecule has 20 heavy (non-hydrogen) atoms. The topological polar surface area (TPSA) is 112 Å². The Morgan fingerprint density at radius 2 is 1.90 bits per heavy atom. The number of nitrogens with one attached hydrogen (secondary N) is 2. The van der Waals surface area contributed by atoms with Crippen molar-refractivity contribution in [2.24, 2.45) is 0 Å². The number of rotatable bonds is 7. The van der Waals surface area contributed by atoms with Gasteiger partial charge < -0.3 is 10.4 Å². The van der Waals surface area contributed by atoms with Gasteiger partial charge in [-0.15, -0.1) is 0 Å². The molecule has 0 radical (unpaired) electrons. The minimum absolute atomic E-state index is 0.0898. The molecule has 1 aromatic heterocycles. The highest BCUT2D eigenvalue weighted by atomic mass is 16.4. The summed E-state index contributed by atoms with van der Waals surface area (Å²) < 4.78 is 0. The van der Waals surface area contributed by atoms with Gasteiger partial charge in [0, 0.05) is 18.5 Å². The smallest absolute Gasteiger partial charge is 0.303 e. The summed E-state index contributed by atoms with van der Waals surface area (Å²) in [7, 11) is 0. The number of carbonyl (C=O) groups is 2. The molecule has 0 bridgehead atoms. The van der Waals surface area contributed by atoms with Crippen molar-refractivity contribution in [2.75, 3.05) is 0 Å². The fraction of sp³-hybridized carbons (Fsp3) is 0.538. The molecule has 7 nitrogen and oxygen atoms in total. The van der Waals surface area contributed by atoms with Crippen molar-refractivity contribution >= 4 is 11.9 Å². The number of hydrogen-bond donors (Lipinski definition) is 3. The summed E-state index contributed by atoms with van der Waals surface area (Å²) in [5.41, 5.74) is 1.82. The van der Waals surface area contributed by atoms with Crippen LogP contribution in [0, 0.1) is 0 Å². The van der Waals surface area contributed by atoms with Crippen LogP contribution in [0.25, 0.3) is 0 Å². The lowest BCUT2D eigenvalue weighted by Crippen LogP contribution is -2.29. The van der Waals surface area contributed by atoms with E-state index in [9.17, 15) is 14.4 Å². The van der Waals surface area contributed by atoms with Gasteiger partial charge in [-0.25, -0.2) is 5.10 Å². The van der Waals surface area contributed by atoms with E-state index in [1.807, 2.05) is 13.8 Å². The van der Waals surface area contributed by atoms with Gasteiger partial charge in [0.1, 0.15) is 0 Å². The van der Waals surface area contributed by atoms with Crippen LogP contribution in [0.1, 0.15) is 43.5 Å². The number of carboxylic acids is 1. The van der Waals surface area contributed by atoms with Gasteiger partial charge >= 0.3 is 5.97 Å². The number of carbonyl (C=O) groups excluding carboxylic acids is 1. The van der Waals surface area contributed by atoms with Crippen LogP contribution in [-0.2, 0) is 29.0 Å². The fourth-order valence-electron chi connectivity index (χ4n) is 1.96. The molecular formula is C13H19N3O4. The summed E-state index contributed by atoms with van der Waals surface area (Å²) in [6.45, 7) is 3.95. The maximum Gasteiger partial charge on any atom is 0.303 e. The molecule has 0 saturated heterocycles. The molecule has 0 saturated carbocycles. The van der Waals surface area contributed by atoms with E-state index in [-0.39, 0.29) is 30.9 Å². The van der Waals surface area contributed by atoms with Gasteiger partial charge in [-0.05, 0) is 18.4 Å². The third kappa shape index (κ3) is 4.18. The zero-order valence-electron chi connectivity index (χ0n) is 11.7. The van der Waals surface area contributed by atoms with E-state index >= 15 is 0 Å². The van der Waals surface area contributed by atoms with E-state index in [4.69, 9.17) is 5.11 Å². The van der Waals surface area contributed by atoms with Crippen LogP contribution in [-0.4, -0.2) is 27.2 Å². The summed E-state index contributed by atoms with van der Waals surface area (Å²) in [6, 6.07) is 0. The Balaban J connectivity index is 2.79. The first-order chi connectivity index (χ1) is 9.49. The maximum atomic E-state index is 11.8. The standard InChI is InChI=1S/C13H19N3O4/c1-3-8-9(13(20)16-15-10(8)4-2)7-14-11(17)5-6-12(18)19/h3-7H2,1-2H3,(H,14,17)(H,16,20)(H,18,19). The molecule has 0 atom stereocenters. The normalized spacial score (nSPS) is 10.3. The summed E-state index contributed by atoms with van der Waals surface area (Å²) >= 11 is 0. The summed E-state index contributed by atoms with van der Waals surface area (Å²) in [5.74, 6) is -1.41. The van der Waals surface area contributed by atoms with E-state index < -0.39 is 5.97 Å². The lowest BCUT2D eigenvalue weighted by atomic mass is 10.0. The van der Waals surface area contributed by atoms with Gasteiger partial charge in [-0.1, -0.05) is 13.8 Å². The van der Waals surface area contributed by atoms with Crippen molar-refractivity contribution in [3.8, 4) is 0 Å². The molecule has 0 aliphatic heterocycles. The molecule has 0 unspecified atom stereocenters. The van der Waals surface area contributed by atoms with Crippen LogP contribution in [0.2, 0.25) is 0 Å². The second-order valence-corrected chi connectivity index (χ2v) is 4.33. The molecular weight excluding hydrogens is 262 g/mol. The monoisotopic (exact) mass is 281 g/mol. The van der Waals surface area contributed by atoms with Crippen LogP contribution < -0.4 is 10.9 Å². The molecule has 3 N–H and O–H groups in total. The second kappa shape index (κ2) is 7.42. The number of aromatic nitrogens is 2. The number of hydrogen-bond acceptors (Lipinski definition) is 4. The third-order valence-corrected chi connectivity index (χ3v) is 3.00. The van der Waals surface area contributed by atoms with Gasteiger partial charge in [0.15, 0.2) is 0 Å². The fourth-order valence-corrected chi connectivity index (χ4v) is 1.96. The zero-order valence-corrected chi connectivity index (χ0v) is 11.7. The Bertz CT molecular complexity index is 551. The lowest BCUT2D eigenvalue weighted by Gasteiger charge is -2.11. The largest absolute Gasteiger partial charge is 0.481 e. The molecule has 1 amide bonds. The third-order valence-electron chi connectivity index (χ3n) is 3.00. The van der Waals surface area contributed by atoms with Gasteiger partial charge in [0.25, 0.3) is 5.56 Å². The molecule has 0 aliphatic rings. The number of H-pyrrole nitrogens is 1. The Hall–Kier alpha value is -2.18. The van der Waals surface area contributed by atoms with Crippen molar-refractivity contribution in [3.05, 3.63) is 27.2 Å². The van der Waals surface area contributed by atoms with Crippen molar-refractivity contribution in [2.45, 2.75) is 46.1 Å². The molecule has 1 rings (SSSR count). The predicted octanol–water partition coefficient (Wildman–Crippen LogP) is 0.376. The SMILES string of the molecule is CCc1n[nH]c(=O)c(CNC(=O)CCC(=O)O)c1CC. The first kappa shape index (κ1) is 15.9. The van der Waals surface area contributed by atoms with E-state index in [2.05, 4.69) is 15.5 Å². The van der Waals surface area contributed by atoms with Crippen LogP contribution in [0.4, 0.5) is 0 Å². The molecule has 0 fully saturated rings. The zero-order chi connectivity index (χ0) is 15.1. The molecule has 110 valence electrons. The summed E-state index contributed by atoms with van der Waals surface area (Å²) in [6.07, 6.45) is 1.03. The van der Waals surface area contributed by atoms with E-state index in [0.29, 0.717) is 18.4 Å². The van der Waals surface area contributed by atoms with Gasteiger partial charge in [0.2, 0.25) is 5.91 Å². The Morgan fingerprint density at radius 1 is 1.20 bits per heavy atom. The van der Waals surface area contributed by atoms with E-state index in [1.54, 1.807) is 0 Å². The minimum Gasteiger partial charge on any atom is -0.481 e. The summed E-state index contributed by atoms with van der Waals surface area (Å²) in [4.78, 5) is 33.6. The Kier molecular flexibility index (Phi) is 5.89. The van der Waals surface area contributed by atoms with Crippen LogP contribution in [0.3, 0.4) is 0 Å². The van der Waals surface area contributed by atoms with Crippen molar-refractivity contribution in [3.63, 3.8) is 0 Å². The average molecular weight is 281 g/mol. The van der Waals surface area contributed by atoms with Crippen molar-refractivity contribution in [1.82, 2.24) is 15.5 Å². The van der Waals surface area contributed by atoms with Gasteiger partial charge in [-0.3, -0.25) is 14.4 Å². The van der Waals surface area contributed by atoms with Gasteiger partial charge in [-0.2, -0.15) is 5.10 Å². The quantitative estimate of drug-likeness (QED) is 0.668. The molecule has 0 aromatic carbocycles. The minimum atomic E-state index is -1.02. The van der Waals surface area contributed by atoms with Crippen LogP contribution in [0.5, 0.6) is 0 Å². The highest BCUT2D eigenvalue weighted by molar-refractivity contribution is 5.80. The number of carboxylic acid groups (broad SMARTS) is 1. The highest BCUT2D eigenvalue weighted by Gasteiger charge is 2.13. The average Bonchev–Trinajstić information content (AvgIpc) is 2.43. The molecule has 1 heterocycles.